The molecule has 0 unspecified atom stereocenters. The molecule has 142 valence electrons. The van der Waals surface area contributed by atoms with E-state index >= 15 is 0 Å². The average molecular weight is 397 g/mol. The maximum absolute atomic E-state index is 12.1. The van der Waals surface area contributed by atoms with Crippen LogP contribution in [0.1, 0.15) is 12.5 Å². The third-order valence-electron chi connectivity index (χ3n) is 3.20. The number of esters is 1. The Bertz CT molecular complexity index is 828. The van der Waals surface area contributed by atoms with E-state index in [1.165, 1.54) is 43.5 Å². The molecular weight excluding hydrogens is 382 g/mol. The van der Waals surface area contributed by atoms with Crippen molar-refractivity contribution in [3.8, 4) is 5.75 Å². The fraction of sp³-hybridized carbons (Fsp3) is 0.167. The zero-order valence-electron chi connectivity index (χ0n) is 14.1. The number of halogens is 3. The van der Waals surface area contributed by atoms with Gasteiger partial charge in [0.1, 0.15) is 5.75 Å². The predicted molar refractivity (Wildman–Crippen MR) is 95.5 cm³/mol. The van der Waals surface area contributed by atoms with E-state index in [1.807, 2.05) is 0 Å². The number of carbonyl (C=O) groups excluding carboxylic acids is 2. The molecule has 1 N–H and O–H groups in total. The fourth-order valence-electron chi connectivity index (χ4n) is 1.91. The Morgan fingerprint density at radius 2 is 1.93 bits per heavy atom. The molecule has 0 fully saturated rings. The Hall–Kier alpha value is -3.00. The lowest BCUT2D eigenvalue weighted by atomic mass is 10.2. The van der Waals surface area contributed by atoms with Gasteiger partial charge in [-0.1, -0.05) is 23.7 Å². The van der Waals surface area contributed by atoms with Gasteiger partial charge in [-0.05, 0) is 42.8 Å². The van der Waals surface area contributed by atoms with Crippen LogP contribution in [0.4, 0.5) is 14.5 Å². The topological polar surface area (TPSA) is 77.5 Å². The van der Waals surface area contributed by atoms with Crippen LogP contribution in [0.15, 0.2) is 48.7 Å². The van der Waals surface area contributed by atoms with Crippen molar-refractivity contribution in [2.45, 2.75) is 19.6 Å². The first-order valence-corrected chi connectivity index (χ1v) is 8.08. The number of hydrogen-bond acceptors (Lipinski definition) is 5. The lowest BCUT2D eigenvalue weighted by Crippen LogP contribution is -2.29. The van der Waals surface area contributed by atoms with Crippen LogP contribution in [0.5, 0.6) is 5.75 Å². The van der Waals surface area contributed by atoms with Crippen molar-refractivity contribution in [3.63, 3.8) is 0 Å². The van der Waals surface area contributed by atoms with E-state index in [4.69, 9.17) is 16.3 Å². The van der Waals surface area contributed by atoms with Gasteiger partial charge in [0.05, 0.1) is 5.69 Å². The van der Waals surface area contributed by atoms with Gasteiger partial charge in [0.25, 0.3) is 5.91 Å². The summed E-state index contributed by atoms with van der Waals surface area (Å²) in [5.74, 6) is -1.31. The van der Waals surface area contributed by atoms with Crippen molar-refractivity contribution in [2.75, 3.05) is 5.32 Å². The van der Waals surface area contributed by atoms with Crippen LogP contribution in [0.3, 0.4) is 0 Å². The van der Waals surface area contributed by atoms with Gasteiger partial charge in [-0.15, -0.1) is 0 Å². The van der Waals surface area contributed by atoms with Gasteiger partial charge in [0.2, 0.25) is 0 Å². The monoisotopic (exact) mass is 396 g/mol. The maximum atomic E-state index is 12.1. The molecule has 0 radical (unpaired) electrons. The molecule has 2 aromatic rings. The van der Waals surface area contributed by atoms with E-state index in [0.717, 1.165) is 6.08 Å². The molecule has 0 spiro atoms. The summed E-state index contributed by atoms with van der Waals surface area (Å²) in [6.45, 7) is -1.50. The van der Waals surface area contributed by atoms with Crippen molar-refractivity contribution >= 4 is 35.2 Å². The summed E-state index contributed by atoms with van der Waals surface area (Å²) >= 11 is 5.84. The van der Waals surface area contributed by atoms with Gasteiger partial charge in [-0.2, -0.15) is 8.78 Å². The number of ether oxygens (including phenoxy) is 2. The number of hydrogen-bond donors (Lipinski definition) is 1. The second-order valence-corrected chi connectivity index (χ2v) is 5.55. The number of alkyl halides is 2. The number of anilines is 1. The van der Waals surface area contributed by atoms with Crippen LogP contribution in [0.2, 0.25) is 5.15 Å². The number of aromatic nitrogens is 1. The van der Waals surface area contributed by atoms with E-state index in [0.29, 0.717) is 11.3 Å². The summed E-state index contributed by atoms with van der Waals surface area (Å²) in [4.78, 5) is 27.7. The minimum Gasteiger partial charge on any atom is -0.449 e. The van der Waals surface area contributed by atoms with Crippen LogP contribution in [0, 0.1) is 0 Å². The van der Waals surface area contributed by atoms with Crippen LogP contribution in [0.25, 0.3) is 6.08 Å². The van der Waals surface area contributed by atoms with Crippen LogP contribution >= 0.6 is 11.6 Å². The molecule has 0 saturated carbocycles. The lowest BCUT2D eigenvalue weighted by molar-refractivity contribution is -0.148. The number of pyridine rings is 1. The molecule has 2 rings (SSSR count). The van der Waals surface area contributed by atoms with Gasteiger partial charge < -0.3 is 14.8 Å². The van der Waals surface area contributed by atoms with Gasteiger partial charge in [0, 0.05) is 12.3 Å². The molecule has 9 heteroatoms. The smallest absolute Gasteiger partial charge is 0.387 e. The number of carbonyl (C=O) groups is 2. The first-order chi connectivity index (χ1) is 12.8. The SMILES string of the molecule is C[C@H](OC(=O)/C=C/c1ccc(OC(F)F)cc1)C(=O)Nc1cccnc1Cl. The van der Waals surface area contributed by atoms with Crippen molar-refractivity contribution in [1.82, 2.24) is 4.98 Å². The van der Waals surface area contributed by atoms with Crippen molar-refractivity contribution in [3.05, 3.63) is 59.4 Å². The quantitative estimate of drug-likeness (QED) is 0.436. The Labute approximate surface area is 158 Å². The van der Waals surface area contributed by atoms with Crippen LogP contribution in [-0.4, -0.2) is 29.6 Å². The van der Waals surface area contributed by atoms with E-state index < -0.39 is 24.6 Å². The number of nitrogens with one attached hydrogen (secondary N) is 1. The van der Waals surface area contributed by atoms with E-state index in [2.05, 4.69) is 15.0 Å². The summed E-state index contributed by atoms with van der Waals surface area (Å²) in [6, 6.07) is 8.81. The molecule has 0 bridgehead atoms. The molecule has 1 aromatic carbocycles. The van der Waals surface area contributed by atoms with Crippen molar-refractivity contribution < 1.29 is 27.8 Å². The van der Waals surface area contributed by atoms with Crippen LogP contribution < -0.4 is 10.1 Å². The highest BCUT2D eigenvalue weighted by molar-refractivity contribution is 6.32. The highest BCUT2D eigenvalue weighted by Gasteiger charge is 2.17. The van der Waals surface area contributed by atoms with Crippen LogP contribution in [-0.2, 0) is 14.3 Å². The van der Waals surface area contributed by atoms with Crippen molar-refractivity contribution in [1.29, 1.82) is 0 Å². The minimum absolute atomic E-state index is 0.00378. The Morgan fingerprint density at radius 3 is 2.56 bits per heavy atom. The highest BCUT2D eigenvalue weighted by atomic mass is 35.5. The molecule has 1 amide bonds. The molecule has 1 atom stereocenters. The number of rotatable bonds is 7. The predicted octanol–water partition coefficient (Wildman–Crippen LogP) is 3.92. The highest BCUT2D eigenvalue weighted by Crippen LogP contribution is 2.18. The molecule has 27 heavy (non-hydrogen) atoms. The lowest BCUT2D eigenvalue weighted by Gasteiger charge is -2.12. The Balaban J connectivity index is 1.87. The van der Waals surface area contributed by atoms with Gasteiger partial charge in [0.15, 0.2) is 11.3 Å². The van der Waals surface area contributed by atoms with E-state index in [9.17, 15) is 18.4 Å². The third kappa shape index (κ3) is 6.67. The summed E-state index contributed by atoms with van der Waals surface area (Å²) in [5.41, 5.74) is 0.863. The van der Waals surface area contributed by atoms with Gasteiger partial charge in [-0.3, -0.25) is 4.79 Å². The summed E-state index contributed by atoms with van der Waals surface area (Å²) in [7, 11) is 0. The second kappa shape index (κ2) is 9.63. The van der Waals surface area contributed by atoms with E-state index in [-0.39, 0.29) is 10.9 Å². The van der Waals surface area contributed by atoms with E-state index in [1.54, 1.807) is 12.1 Å². The molecule has 1 heterocycles. The van der Waals surface area contributed by atoms with Gasteiger partial charge >= 0.3 is 12.6 Å². The Morgan fingerprint density at radius 1 is 1.22 bits per heavy atom. The average Bonchev–Trinajstić information content (AvgIpc) is 2.62. The maximum Gasteiger partial charge on any atom is 0.387 e. The first-order valence-electron chi connectivity index (χ1n) is 7.70. The normalized spacial score (nSPS) is 12.0. The largest absolute Gasteiger partial charge is 0.449 e. The standard InChI is InChI=1S/C18H15ClF2N2O4/c1-11(17(25)23-14-3-2-10-22-16(14)19)26-15(24)9-6-12-4-7-13(8-5-12)27-18(20)21/h2-11,18H,1H3,(H,23,25)/b9-6+/t11-/m0/s1. The summed E-state index contributed by atoms with van der Waals surface area (Å²) < 4.78 is 33.4. The molecule has 0 aliphatic rings. The molecular formula is C18H15ClF2N2O4. The van der Waals surface area contributed by atoms with Crippen molar-refractivity contribution in [2.24, 2.45) is 0 Å². The zero-order valence-corrected chi connectivity index (χ0v) is 14.8. The number of amides is 1. The minimum atomic E-state index is -2.91. The molecule has 0 aliphatic heterocycles. The Kier molecular flexibility index (Phi) is 7.25. The molecule has 0 aliphatic carbocycles. The molecule has 1 aromatic heterocycles. The third-order valence-corrected chi connectivity index (χ3v) is 3.50. The molecule has 0 saturated heterocycles. The fourth-order valence-corrected chi connectivity index (χ4v) is 2.07. The van der Waals surface area contributed by atoms with Gasteiger partial charge in [-0.25, -0.2) is 9.78 Å². The molecule has 6 nitrogen and oxygen atoms in total. The summed E-state index contributed by atoms with van der Waals surface area (Å²) in [5, 5.41) is 2.62. The second-order valence-electron chi connectivity index (χ2n) is 5.19. The number of nitrogens with zero attached hydrogens (tertiary/aromatic N) is 1. The summed E-state index contributed by atoms with van der Waals surface area (Å²) in [6.07, 6.45) is 2.93. The number of benzene rings is 1. The zero-order chi connectivity index (χ0) is 19.8. The first kappa shape index (κ1) is 20.3.